The molecule has 0 saturated carbocycles. The van der Waals surface area contributed by atoms with Gasteiger partial charge >= 0.3 is 0 Å². The Hall–Kier alpha value is -2.92. The van der Waals surface area contributed by atoms with Crippen molar-refractivity contribution in [3.63, 3.8) is 0 Å². The van der Waals surface area contributed by atoms with E-state index in [1.807, 2.05) is 55.5 Å². The first-order valence-corrected chi connectivity index (χ1v) is 8.18. The number of nitrogens with zero attached hydrogens (tertiary/aromatic N) is 2. The van der Waals surface area contributed by atoms with Crippen LogP contribution in [0.3, 0.4) is 0 Å². The van der Waals surface area contributed by atoms with Crippen molar-refractivity contribution in [1.82, 2.24) is 10.2 Å². The first-order chi connectivity index (χ1) is 12.1. The van der Waals surface area contributed by atoms with Crippen LogP contribution in [0, 0.1) is 6.92 Å². The maximum Gasteiger partial charge on any atom is 0.276 e. The lowest BCUT2D eigenvalue weighted by Gasteiger charge is -2.08. The van der Waals surface area contributed by atoms with Gasteiger partial charge < -0.3 is 10.6 Å². The highest BCUT2D eigenvalue weighted by molar-refractivity contribution is 6.30. The summed E-state index contributed by atoms with van der Waals surface area (Å²) in [6.07, 6.45) is 0. The van der Waals surface area contributed by atoms with Crippen molar-refractivity contribution in [3.8, 4) is 0 Å². The number of halogens is 1. The fourth-order valence-electron chi connectivity index (χ4n) is 2.24. The fraction of sp³-hybridized carbons (Fsp3) is 0.105. The zero-order chi connectivity index (χ0) is 17.6. The number of nitrogens with one attached hydrogen (secondary N) is 2. The maximum atomic E-state index is 12.2. The van der Waals surface area contributed by atoms with Crippen LogP contribution in [-0.2, 0) is 6.54 Å². The van der Waals surface area contributed by atoms with Crippen molar-refractivity contribution in [2.45, 2.75) is 13.5 Å². The van der Waals surface area contributed by atoms with Crippen LogP contribution in [0.1, 0.15) is 21.6 Å². The lowest BCUT2D eigenvalue weighted by atomic mass is 10.2. The van der Waals surface area contributed by atoms with Crippen molar-refractivity contribution < 1.29 is 4.79 Å². The number of anilines is 2. The topological polar surface area (TPSA) is 66.9 Å². The molecule has 2 aromatic carbocycles. The molecule has 5 nitrogen and oxygen atoms in total. The molecule has 3 aromatic rings. The lowest BCUT2D eigenvalue weighted by Crippen LogP contribution is -2.15. The van der Waals surface area contributed by atoms with E-state index in [0.29, 0.717) is 17.4 Å². The van der Waals surface area contributed by atoms with Gasteiger partial charge in [0.05, 0.1) is 0 Å². The third-order valence-corrected chi connectivity index (χ3v) is 3.93. The molecule has 0 unspecified atom stereocenters. The van der Waals surface area contributed by atoms with Crippen molar-refractivity contribution in [1.29, 1.82) is 0 Å². The molecule has 0 aliphatic rings. The van der Waals surface area contributed by atoms with Crippen LogP contribution in [0.5, 0.6) is 0 Å². The lowest BCUT2D eigenvalue weighted by molar-refractivity contribution is 0.102. The normalized spacial score (nSPS) is 10.3. The quantitative estimate of drug-likeness (QED) is 0.718. The predicted octanol–water partition coefficient (Wildman–Crippen LogP) is 4.30. The Morgan fingerprint density at radius 3 is 2.44 bits per heavy atom. The molecule has 0 aliphatic heterocycles. The van der Waals surface area contributed by atoms with Gasteiger partial charge in [0.1, 0.15) is 5.82 Å². The van der Waals surface area contributed by atoms with Gasteiger partial charge in [0.2, 0.25) is 0 Å². The van der Waals surface area contributed by atoms with E-state index in [1.165, 1.54) is 0 Å². The SMILES string of the molecule is Cc1ccccc1NC(=O)c1ccc(NCc2ccc(Cl)cc2)nn1. The second kappa shape index (κ2) is 7.77. The summed E-state index contributed by atoms with van der Waals surface area (Å²) in [4.78, 5) is 12.2. The minimum atomic E-state index is -0.286. The molecule has 1 aromatic heterocycles. The highest BCUT2D eigenvalue weighted by Gasteiger charge is 2.09. The third-order valence-electron chi connectivity index (χ3n) is 3.68. The number of para-hydroxylation sites is 1. The predicted molar refractivity (Wildman–Crippen MR) is 99.9 cm³/mol. The summed E-state index contributed by atoms with van der Waals surface area (Å²) >= 11 is 5.86. The number of rotatable bonds is 5. The Kier molecular flexibility index (Phi) is 5.26. The molecule has 0 fully saturated rings. The van der Waals surface area contributed by atoms with E-state index < -0.39 is 0 Å². The molecule has 25 heavy (non-hydrogen) atoms. The van der Waals surface area contributed by atoms with E-state index in [-0.39, 0.29) is 11.6 Å². The van der Waals surface area contributed by atoms with Gasteiger partial charge in [0.15, 0.2) is 5.69 Å². The summed E-state index contributed by atoms with van der Waals surface area (Å²) in [6.45, 7) is 2.53. The molecule has 0 radical (unpaired) electrons. The molecular weight excluding hydrogens is 336 g/mol. The average molecular weight is 353 g/mol. The standard InChI is InChI=1S/C19H17ClN4O/c1-13-4-2-3-5-16(13)22-19(25)17-10-11-18(24-23-17)21-12-14-6-8-15(20)9-7-14/h2-11H,12H2,1H3,(H,21,24)(H,22,25). The molecule has 0 saturated heterocycles. The largest absolute Gasteiger partial charge is 0.365 e. The van der Waals surface area contributed by atoms with E-state index in [1.54, 1.807) is 12.1 Å². The first-order valence-electron chi connectivity index (χ1n) is 7.81. The van der Waals surface area contributed by atoms with E-state index >= 15 is 0 Å². The zero-order valence-corrected chi connectivity index (χ0v) is 14.4. The Balaban J connectivity index is 1.60. The molecule has 3 rings (SSSR count). The van der Waals surface area contributed by atoms with Crippen molar-refractivity contribution in [3.05, 3.63) is 82.5 Å². The molecular formula is C19H17ClN4O. The van der Waals surface area contributed by atoms with Crippen molar-refractivity contribution in [2.75, 3.05) is 10.6 Å². The van der Waals surface area contributed by atoms with Gasteiger partial charge in [-0.2, -0.15) is 0 Å². The van der Waals surface area contributed by atoms with E-state index in [4.69, 9.17) is 11.6 Å². The molecule has 1 amide bonds. The van der Waals surface area contributed by atoms with E-state index in [0.717, 1.165) is 16.8 Å². The molecule has 0 atom stereocenters. The second-order valence-corrected chi connectivity index (χ2v) is 5.99. The Morgan fingerprint density at radius 1 is 1.00 bits per heavy atom. The number of hydrogen-bond donors (Lipinski definition) is 2. The second-order valence-electron chi connectivity index (χ2n) is 5.55. The minimum Gasteiger partial charge on any atom is -0.365 e. The van der Waals surface area contributed by atoms with Crippen molar-refractivity contribution >= 4 is 29.0 Å². The summed E-state index contributed by atoms with van der Waals surface area (Å²) in [5, 5.41) is 14.7. The zero-order valence-electron chi connectivity index (χ0n) is 13.7. The smallest absolute Gasteiger partial charge is 0.276 e. The van der Waals surface area contributed by atoms with Crippen LogP contribution in [0.2, 0.25) is 5.02 Å². The molecule has 2 N–H and O–H groups in total. The van der Waals surface area contributed by atoms with Gasteiger partial charge in [0, 0.05) is 17.3 Å². The average Bonchev–Trinajstić information content (AvgIpc) is 2.63. The van der Waals surface area contributed by atoms with Gasteiger partial charge in [-0.15, -0.1) is 10.2 Å². The van der Waals surface area contributed by atoms with Crippen molar-refractivity contribution in [2.24, 2.45) is 0 Å². The molecule has 6 heteroatoms. The Bertz CT molecular complexity index is 863. The Labute approximate surface area is 151 Å². The van der Waals surface area contributed by atoms with Gasteiger partial charge in [0.25, 0.3) is 5.91 Å². The third kappa shape index (κ3) is 4.55. The minimum absolute atomic E-state index is 0.264. The molecule has 0 aliphatic carbocycles. The van der Waals surface area contributed by atoms with Gasteiger partial charge in [-0.1, -0.05) is 41.9 Å². The summed E-state index contributed by atoms with van der Waals surface area (Å²) < 4.78 is 0. The van der Waals surface area contributed by atoms with Gasteiger partial charge in [-0.3, -0.25) is 4.79 Å². The van der Waals surface area contributed by atoms with E-state index in [9.17, 15) is 4.79 Å². The summed E-state index contributed by atoms with van der Waals surface area (Å²) in [5.41, 5.74) is 3.09. The number of aryl methyl sites for hydroxylation is 1. The number of carbonyl (C=O) groups excluding carboxylic acids is 1. The number of amides is 1. The highest BCUT2D eigenvalue weighted by Crippen LogP contribution is 2.15. The van der Waals surface area contributed by atoms with Crippen LogP contribution in [0.25, 0.3) is 0 Å². The summed E-state index contributed by atoms with van der Waals surface area (Å²) in [5.74, 6) is 0.313. The number of aromatic nitrogens is 2. The molecule has 0 spiro atoms. The van der Waals surface area contributed by atoms with Crippen LogP contribution in [-0.4, -0.2) is 16.1 Å². The maximum absolute atomic E-state index is 12.2. The first kappa shape index (κ1) is 16.9. The number of benzene rings is 2. The van der Waals surface area contributed by atoms with Crippen LogP contribution < -0.4 is 10.6 Å². The van der Waals surface area contributed by atoms with E-state index in [2.05, 4.69) is 20.8 Å². The molecule has 126 valence electrons. The fourth-order valence-corrected chi connectivity index (χ4v) is 2.37. The number of carbonyl (C=O) groups is 1. The van der Waals surface area contributed by atoms with Crippen LogP contribution >= 0.6 is 11.6 Å². The highest BCUT2D eigenvalue weighted by atomic mass is 35.5. The van der Waals surface area contributed by atoms with Gasteiger partial charge in [-0.05, 0) is 48.4 Å². The monoisotopic (exact) mass is 352 g/mol. The van der Waals surface area contributed by atoms with Crippen LogP contribution in [0.4, 0.5) is 11.5 Å². The molecule has 1 heterocycles. The van der Waals surface area contributed by atoms with Crippen LogP contribution in [0.15, 0.2) is 60.7 Å². The Morgan fingerprint density at radius 2 is 1.76 bits per heavy atom. The van der Waals surface area contributed by atoms with Gasteiger partial charge in [-0.25, -0.2) is 0 Å². The summed E-state index contributed by atoms with van der Waals surface area (Å²) in [7, 11) is 0. The number of hydrogen-bond acceptors (Lipinski definition) is 4. The summed E-state index contributed by atoms with van der Waals surface area (Å²) in [6, 6.07) is 18.5. The molecule has 0 bridgehead atoms.